The molecule has 0 heterocycles. The maximum atomic E-state index is 12.5. The fourth-order valence-corrected chi connectivity index (χ4v) is 11.7. The Balaban J connectivity index is 3.35. The molecule has 0 rings (SSSR count). The van der Waals surface area contributed by atoms with Gasteiger partial charge in [0.05, 0.1) is 25.4 Å². The number of hydrogen-bond donors (Lipinski definition) is 3. The Morgan fingerprint density at radius 1 is 0.329 bits per heavy atom. The van der Waals surface area contributed by atoms with E-state index in [1.54, 1.807) is 6.08 Å². The highest BCUT2D eigenvalue weighted by Crippen LogP contribution is 2.19. The molecule has 82 heavy (non-hydrogen) atoms. The van der Waals surface area contributed by atoms with E-state index in [1.165, 1.54) is 340 Å². The van der Waals surface area contributed by atoms with E-state index >= 15 is 0 Å². The average molecular weight is 1150 g/mol. The normalized spacial score (nSPS) is 12.7. The summed E-state index contributed by atoms with van der Waals surface area (Å²) >= 11 is 0. The van der Waals surface area contributed by atoms with Gasteiger partial charge >= 0.3 is 5.97 Å². The zero-order valence-corrected chi connectivity index (χ0v) is 55.5. The number of hydrogen-bond acceptors (Lipinski definition) is 5. The van der Waals surface area contributed by atoms with Crippen LogP contribution in [-0.2, 0) is 14.3 Å². The molecular weight excluding hydrogens is 1010 g/mol. The molecule has 2 atom stereocenters. The number of allylic oxidation sites excluding steroid dienone is 5. The highest BCUT2D eigenvalue weighted by atomic mass is 16.5. The Kier molecular flexibility index (Phi) is 69.9. The zero-order valence-electron chi connectivity index (χ0n) is 55.5. The van der Waals surface area contributed by atoms with Crippen molar-refractivity contribution in [3.05, 3.63) is 36.5 Å². The van der Waals surface area contributed by atoms with Crippen LogP contribution in [0.25, 0.3) is 0 Å². The largest absolute Gasteiger partial charge is 0.466 e. The topological polar surface area (TPSA) is 95.9 Å². The van der Waals surface area contributed by atoms with E-state index in [2.05, 4.69) is 43.5 Å². The first kappa shape index (κ1) is 80.1. The Morgan fingerprint density at radius 2 is 0.573 bits per heavy atom. The molecule has 0 aromatic heterocycles. The molecule has 1 amide bonds. The molecule has 3 N–H and O–H groups in total. The first-order valence-electron chi connectivity index (χ1n) is 37.3. The number of rotatable bonds is 70. The van der Waals surface area contributed by atoms with Crippen molar-refractivity contribution in [2.45, 2.75) is 424 Å². The Morgan fingerprint density at radius 3 is 0.866 bits per heavy atom. The van der Waals surface area contributed by atoms with Crippen LogP contribution in [0.2, 0.25) is 0 Å². The lowest BCUT2D eigenvalue weighted by atomic mass is 10.0. The smallest absolute Gasteiger partial charge is 0.305 e. The molecule has 0 aliphatic rings. The summed E-state index contributed by atoms with van der Waals surface area (Å²) in [6.45, 7) is 4.93. The minimum Gasteiger partial charge on any atom is -0.466 e. The highest BCUT2D eigenvalue weighted by Gasteiger charge is 2.18. The Labute approximate surface area is 513 Å². The molecule has 0 aromatic carbocycles. The number of esters is 1. The Bertz CT molecular complexity index is 1330. The van der Waals surface area contributed by atoms with Gasteiger partial charge < -0.3 is 20.3 Å². The third-order valence-electron chi connectivity index (χ3n) is 17.4. The van der Waals surface area contributed by atoms with Gasteiger partial charge in [-0.05, 0) is 83.5 Å². The molecule has 6 nitrogen and oxygen atoms in total. The minimum atomic E-state index is -0.842. The van der Waals surface area contributed by atoms with Crippen molar-refractivity contribution in [2.24, 2.45) is 0 Å². The lowest BCUT2D eigenvalue weighted by Crippen LogP contribution is -2.45. The molecule has 0 radical (unpaired) electrons. The van der Waals surface area contributed by atoms with Crippen molar-refractivity contribution in [3.8, 4) is 0 Å². The minimum absolute atomic E-state index is 0.0125. The predicted octanol–water partition coefficient (Wildman–Crippen LogP) is 24.3. The number of carbonyl (C=O) groups is 2. The van der Waals surface area contributed by atoms with Crippen LogP contribution >= 0.6 is 0 Å². The van der Waals surface area contributed by atoms with Gasteiger partial charge in [0, 0.05) is 12.8 Å². The van der Waals surface area contributed by atoms with Crippen molar-refractivity contribution in [2.75, 3.05) is 13.2 Å². The fraction of sp³-hybridized carbons (Fsp3) is 0.895. The Hall–Kier alpha value is -1.92. The second kappa shape index (κ2) is 71.6. The number of carbonyl (C=O) groups excluding carboxylic acids is 2. The van der Waals surface area contributed by atoms with Crippen LogP contribution in [0.15, 0.2) is 36.5 Å². The van der Waals surface area contributed by atoms with E-state index in [0.29, 0.717) is 19.4 Å². The molecular formula is C76H145NO5. The van der Waals surface area contributed by atoms with Crippen LogP contribution in [0.1, 0.15) is 412 Å². The van der Waals surface area contributed by atoms with Crippen LogP contribution in [0.3, 0.4) is 0 Å². The van der Waals surface area contributed by atoms with Crippen LogP contribution in [0.4, 0.5) is 0 Å². The van der Waals surface area contributed by atoms with E-state index in [9.17, 15) is 19.8 Å². The highest BCUT2D eigenvalue weighted by molar-refractivity contribution is 5.76. The zero-order chi connectivity index (χ0) is 59.2. The summed E-state index contributed by atoms with van der Waals surface area (Å²) in [6.07, 6.45) is 92.5. The molecule has 0 spiro atoms. The molecule has 6 heteroatoms. The quantitative estimate of drug-likeness (QED) is 0.0320. The van der Waals surface area contributed by atoms with Crippen molar-refractivity contribution in [1.29, 1.82) is 0 Å². The van der Waals surface area contributed by atoms with Gasteiger partial charge in [0.15, 0.2) is 0 Å². The van der Waals surface area contributed by atoms with E-state index in [1.807, 2.05) is 6.08 Å². The molecule has 0 bridgehead atoms. The lowest BCUT2D eigenvalue weighted by molar-refractivity contribution is -0.143. The second-order valence-corrected chi connectivity index (χ2v) is 25.6. The van der Waals surface area contributed by atoms with Crippen molar-refractivity contribution < 1.29 is 24.5 Å². The lowest BCUT2D eigenvalue weighted by Gasteiger charge is -2.20. The molecule has 2 unspecified atom stereocenters. The van der Waals surface area contributed by atoms with E-state index < -0.39 is 12.1 Å². The monoisotopic (exact) mass is 1150 g/mol. The summed E-state index contributed by atoms with van der Waals surface area (Å²) in [5.74, 6) is -0.0495. The van der Waals surface area contributed by atoms with Crippen molar-refractivity contribution >= 4 is 11.9 Å². The molecule has 0 aromatic rings. The molecule has 484 valence electrons. The van der Waals surface area contributed by atoms with Crippen LogP contribution < -0.4 is 5.32 Å². The van der Waals surface area contributed by atoms with Gasteiger partial charge in [0.2, 0.25) is 5.91 Å². The number of nitrogens with one attached hydrogen (secondary N) is 1. The summed E-state index contributed by atoms with van der Waals surface area (Å²) in [5.41, 5.74) is 0. The molecule has 0 aliphatic carbocycles. The average Bonchev–Trinajstić information content (AvgIpc) is 3.48. The first-order valence-corrected chi connectivity index (χ1v) is 37.3. The van der Waals surface area contributed by atoms with Gasteiger partial charge in [-0.2, -0.15) is 0 Å². The van der Waals surface area contributed by atoms with Gasteiger partial charge in [0.1, 0.15) is 0 Å². The molecule has 0 saturated carbocycles. The van der Waals surface area contributed by atoms with Gasteiger partial charge in [-0.1, -0.05) is 352 Å². The number of amides is 1. The van der Waals surface area contributed by atoms with Crippen LogP contribution in [-0.4, -0.2) is 47.4 Å². The number of aliphatic hydroxyl groups excluding tert-OH is 2. The van der Waals surface area contributed by atoms with E-state index in [-0.39, 0.29) is 18.5 Å². The van der Waals surface area contributed by atoms with Gasteiger partial charge in [-0.15, -0.1) is 0 Å². The van der Waals surface area contributed by atoms with Crippen LogP contribution in [0.5, 0.6) is 0 Å². The van der Waals surface area contributed by atoms with Crippen LogP contribution in [0, 0.1) is 0 Å². The molecule has 0 saturated heterocycles. The predicted molar refractivity (Wildman–Crippen MR) is 361 cm³/mol. The van der Waals surface area contributed by atoms with Gasteiger partial charge in [-0.3, -0.25) is 9.59 Å². The standard InChI is InChI=1S/C76H145NO5/c1-3-5-7-9-11-13-15-17-40-44-48-52-56-60-64-68-74(79)73(72-78)77-75(80)69-65-61-57-53-49-45-42-38-36-34-32-30-28-26-24-22-20-19-21-23-25-27-29-31-33-35-37-39-43-47-51-55-59-63-67-71-82-76(81)70-66-62-58-54-50-46-41-18-16-14-12-10-8-6-4-2/h18,21,23,41,64,68,73-74,78-79H,3-17,19-20,22,24-40,42-63,65-67,69-72H2,1-2H3,(H,77,80)/b23-21-,41-18-,68-64+. The summed E-state index contributed by atoms with van der Waals surface area (Å²) < 4.78 is 5.49. The third-order valence-corrected chi connectivity index (χ3v) is 17.4. The maximum absolute atomic E-state index is 12.5. The first-order chi connectivity index (χ1) is 40.5. The summed E-state index contributed by atoms with van der Waals surface area (Å²) in [4.78, 5) is 24.6. The summed E-state index contributed by atoms with van der Waals surface area (Å²) in [7, 11) is 0. The number of ether oxygens (including phenoxy) is 1. The van der Waals surface area contributed by atoms with Crippen molar-refractivity contribution in [1.82, 2.24) is 5.32 Å². The van der Waals surface area contributed by atoms with Crippen molar-refractivity contribution in [3.63, 3.8) is 0 Å². The van der Waals surface area contributed by atoms with E-state index in [0.717, 1.165) is 44.9 Å². The van der Waals surface area contributed by atoms with Gasteiger partial charge in [0.25, 0.3) is 0 Å². The maximum Gasteiger partial charge on any atom is 0.305 e. The summed E-state index contributed by atoms with van der Waals surface area (Å²) in [6, 6.07) is -0.625. The SMILES string of the molecule is CCCCCCCC/C=C\CCCCCCCC(=O)OCCCCCCCCCCCCCCCC/C=C\CCCCCCCCCCCCCCCCCCCC(=O)NC(CO)C(O)/C=C/CCCCCCCCCCCCCCC. The number of aliphatic hydroxyl groups is 2. The third kappa shape index (κ3) is 67.2. The number of unbranched alkanes of at least 4 members (excludes halogenated alkanes) is 55. The molecule has 0 fully saturated rings. The summed E-state index contributed by atoms with van der Waals surface area (Å²) in [5, 5.41) is 23.2. The van der Waals surface area contributed by atoms with Gasteiger partial charge in [-0.25, -0.2) is 0 Å². The fourth-order valence-electron chi connectivity index (χ4n) is 11.7. The second-order valence-electron chi connectivity index (χ2n) is 25.6. The molecule has 0 aliphatic heterocycles. The van der Waals surface area contributed by atoms with E-state index in [4.69, 9.17) is 4.74 Å².